The van der Waals surface area contributed by atoms with Crippen molar-refractivity contribution in [2.75, 3.05) is 13.3 Å². The first kappa shape index (κ1) is 13.1. The van der Waals surface area contributed by atoms with Crippen LogP contribution in [0.15, 0.2) is 18.2 Å². The van der Waals surface area contributed by atoms with Gasteiger partial charge in [-0.3, -0.25) is 9.18 Å². The van der Waals surface area contributed by atoms with E-state index in [0.29, 0.717) is 19.4 Å². The summed E-state index contributed by atoms with van der Waals surface area (Å²) in [5.74, 6) is 1.06. The predicted molar refractivity (Wildman–Crippen MR) is 69.0 cm³/mol. The average molecular weight is 250 g/mol. The fraction of sp³-hybridized carbons (Fsp3) is 0.533. The Morgan fingerprint density at radius 3 is 2.89 bits per heavy atom. The van der Waals surface area contributed by atoms with Crippen molar-refractivity contribution >= 4 is 5.78 Å². The van der Waals surface area contributed by atoms with Crippen LogP contribution in [-0.4, -0.2) is 19.1 Å². The zero-order valence-corrected chi connectivity index (χ0v) is 10.6. The minimum absolute atomic E-state index is 0.241. The van der Waals surface area contributed by atoms with Crippen LogP contribution >= 0.6 is 0 Å². The largest absolute Gasteiger partial charge is 0.494 e. The highest BCUT2D eigenvalue weighted by Crippen LogP contribution is 2.25. The van der Waals surface area contributed by atoms with Gasteiger partial charge in [-0.15, -0.1) is 0 Å². The lowest BCUT2D eigenvalue weighted by molar-refractivity contribution is 0.0972. The number of aryl methyl sites for hydroxylation is 1. The Kier molecular flexibility index (Phi) is 4.73. The van der Waals surface area contributed by atoms with Crippen LogP contribution in [0.1, 0.15) is 48.0 Å². The molecule has 0 saturated heterocycles. The summed E-state index contributed by atoms with van der Waals surface area (Å²) in [5.41, 5.74) is 1.96. The average Bonchev–Trinajstić information content (AvgIpc) is 2.39. The number of fused-ring (bicyclic) bond motifs is 1. The van der Waals surface area contributed by atoms with Gasteiger partial charge < -0.3 is 4.74 Å². The van der Waals surface area contributed by atoms with Gasteiger partial charge in [-0.2, -0.15) is 0 Å². The van der Waals surface area contributed by atoms with E-state index in [-0.39, 0.29) is 12.5 Å². The Labute approximate surface area is 107 Å². The first-order chi connectivity index (χ1) is 8.81. The van der Waals surface area contributed by atoms with E-state index >= 15 is 0 Å². The third-order valence-corrected chi connectivity index (χ3v) is 3.27. The maximum atomic E-state index is 11.9. The lowest BCUT2D eigenvalue weighted by Gasteiger charge is -2.15. The Balaban J connectivity index is 1.88. The molecule has 0 atom stereocenters. The van der Waals surface area contributed by atoms with Crippen molar-refractivity contribution in [2.24, 2.45) is 0 Å². The maximum absolute atomic E-state index is 11.9. The smallest absolute Gasteiger partial charge is 0.163 e. The summed E-state index contributed by atoms with van der Waals surface area (Å²) < 4.78 is 17.5. The molecule has 0 radical (unpaired) electrons. The number of rotatable bonds is 6. The predicted octanol–water partition coefficient (Wildman–Crippen LogP) is 3.72. The fourth-order valence-electron chi connectivity index (χ4n) is 2.28. The standard InChI is InChI=1S/C15H19FO2/c16-9-2-1-3-10-18-13-7-8-14-12(11-13)5-4-6-15(14)17/h7-8,11H,1-6,9-10H2. The number of unbranched alkanes of at least 4 members (excludes halogenated alkanes) is 2. The van der Waals surface area contributed by atoms with Crippen molar-refractivity contribution in [1.29, 1.82) is 0 Å². The molecule has 0 saturated carbocycles. The summed E-state index contributed by atoms with van der Waals surface area (Å²) in [7, 11) is 0. The molecule has 0 unspecified atom stereocenters. The van der Waals surface area contributed by atoms with Gasteiger partial charge >= 0.3 is 0 Å². The van der Waals surface area contributed by atoms with Crippen molar-refractivity contribution in [1.82, 2.24) is 0 Å². The Morgan fingerprint density at radius 1 is 1.17 bits per heavy atom. The van der Waals surface area contributed by atoms with Crippen LogP contribution < -0.4 is 4.74 Å². The number of halogens is 1. The number of ether oxygens (including phenoxy) is 1. The molecule has 0 spiro atoms. The highest BCUT2D eigenvalue weighted by molar-refractivity contribution is 5.98. The Hall–Kier alpha value is -1.38. The molecule has 98 valence electrons. The first-order valence-electron chi connectivity index (χ1n) is 6.66. The van der Waals surface area contributed by atoms with Crippen LogP contribution in [0, 0.1) is 0 Å². The van der Waals surface area contributed by atoms with E-state index in [1.54, 1.807) is 0 Å². The number of carbonyl (C=O) groups excluding carboxylic acids is 1. The Bertz CT molecular complexity index is 415. The zero-order chi connectivity index (χ0) is 12.8. The van der Waals surface area contributed by atoms with E-state index in [1.165, 1.54) is 0 Å². The van der Waals surface area contributed by atoms with Gasteiger partial charge in [0.15, 0.2) is 5.78 Å². The lowest BCUT2D eigenvalue weighted by Crippen LogP contribution is -2.10. The summed E-state index contributed by atoms with van der Waals surface area (Å²) in [5, 5.41) is 0. The number of carbonyl (C=O) groups is 1. The molecule has 0 aromatic heterocycles. The van der Waals surface area contributed by atoms with Gasteiger partial charge in [0, 0.05) is 12.0 Å². The number of Topliss-reactive ketones (excluding diaryl/α,β-unsaturated/α-hetero) is 1. The second-order valence-electron chi connectivity index (χ2n) is 4.69. The quantitative estimate of drug-likeness (QED) is 0.719. The SMILES string of the molecule is O=C1CCCc2cc(OCCCCCF)ccc21. The van der Waals surface area contributed by atoms with E-state index in [2.05, 4.69) is 0 Å². The van der Waals surface area contributed by atoms with Crippen molar-refractivity contribution in [3.63, 3.8) is 0 Å². The Morgan fingerprint density at radius 2 is 2.06 bits per heavy atom. The number of hydrogen-bond acceptors (Lipinski definition) is 2. The van der Waals surface area contributed by atoms with E-state index in [1.807, 2.05) is 18.2 Å². The lowest BCUT2D eigenvalue weighted by atomic mass is 9.90. The van der Waals surface area contributed by atoms with Gasteiger partial charge in [-0.05, 0) is 55.9 Å². The molecule has 1 aliphatic rings. The molecule has 2 nitrogen and oxygen atoms in total. The fourth-order valence-corrected chi connectivity index (χ4v) is 2.28. The number of alkyl halides is 1. The third-order valence-electron chi connectivity index (χ3n) is 3.27. The normalized spacial score (nSPS) is 14.4. The number of ketones is 1. The second kappa shape index (κ2) is 6.53. The van der Waals surface area contributed by atoms with Crippen LogP contribution in [0.25, 0.3) is 0 Å². The zero-order valence-electron chi connectivity index (χ0n) is 10.6. The van der Waals surface area contributed by atoms with Gasteiger partial charge in [0.2, 0.25) is 0 Å². The molecule has 1 aliphatic carbocycles. The van der Waals surface area contributed by atoms with Crippen LogP contribution in [0.4, 0.5) is 4.39 Å². The van der Waals surface area contributed by atoms with Crippen molar-refractivity contribution in [3.05, 3.63) is 29.3 Å². The molecule has 0 fully saturated rings. The summed E-state index contributed by atoms with van der Waals surface area (Å²) in [6, 6.07) is 5.70. The molecule has 1 aromatic rings. The van der Waals surface area contributed by atoms with E-state index < -0.39 is 0 Å². The highest BCUT2D eigenvalue weighted by Gasteiger charge is 2.17. The van der Waals surface area contributed by atoms with E-state index in [9.17, 15) is 9.18 Å². The summed E-state index contributed by atoms with van der Waals surface area (Å²) in [6.45, 7) is 0.369. The van der Waals surface area contributed by atoms with Gasteiger partial charge in [0.05, 0.1) is 13.3 Å². The molecule has 0 heterocycles. The first-order valence-corrected chi connectivity index (χ1v) is 6.66. The van der Waals surface area contributed by atoms with Crippen molar-refractivity contribution < 1.29 is 13.9 Å². The number of hydrogen-bond donors (Lipinski definition) is 0. The maximum Gasteiger partial charge on any atom is 0.163 e. The molecule has 0 bridgehead atoms. The van der Waals surface area contributed by atoms with Crippen LogP contribution in [0.5, 0.6) is 5.75 Å². The van der Waals surface area contributed by atoms with Gasteiger partial charge in [0.25, 0.3) is 0 Å². The van der Waals surface area contributed by atoms with Gasteiger partial charge in [-0.1, -0.05) is 0 Å². The molecule has 3 heteroatoms. The molecule has 2 rings (SSSR count). The molecule has 18 heavy (non-hydrogen) atoms. The molecule has 0 aliphatic heterocycles. The topological polar surface area (TPSA) is 26.3 Å². The van der Waals surface area contributed by atoms with Crippen molar-refractivity contribution in [2.45, 2.75) is 38.5 Å². The summed E-state index contributed by atoms with van der Waals surface area (Å²) in [6.07, 6.45) is 4.91. The molecular weight excluding hydrogens is 231 g/mol. The summed E-state index contributed by atoms with van der Waals surface area (Å²) in [4.78, 5) is 11.7. The monoisotopic (exact) mass is 250 g/mol. The van der Waals surface area contributed by atoms with E-state index in [4.69, 9.17) is 4.74 Å². The minimum Gasteiger partial charge on any atom is -0.494 e. The molecule has 0 N–H and O–H groups in total. The third kappa shape index (κ3) is 3.31. The molecule has 0 amide bonds. The molecule has 1 aromatic carbocycles. The van der Waals surface area contributed by atoms with Gasteiger partial charge in [-0.25, -0.2) is 0 Å². The molecular formula is C15H19FO2. The van der Waals surface area contributed by atoms with Crippen molar-refractivity contribution in [3.8, 4) is 5.75 Å². The van der Waals surface area contributed by atoms with Crippen LogP contribution in [0.3, 0.4) is 0 Å². The minimum atomic E-state index is -0.249. The highest BCUT2D eigenvalue weighted by atomic mass is 19.1. The van der Waals surface area contributed by atoms with Crippen LogP contribution in [-0.2, 0) is 6.42 Å². The van der Waals surface area contributed by atoms with Gasteiger partial charge in [0.1, 0.15) is 5.75 Å². The van der Waals surface area contributed by atoms with E-state index in [0.717, 1.165) is 42.6 Å². The number of benzene rings is 1. The second-order valence-corrected chi connectivity index (χ2v) is 4.69. The summed E-state index contributed by atoms with van der Waals surface area (Å²) >= 11 is 0. The van der Waals surface area contributed by atoms with Crippen LogP contribution in [0.2, 0.25) is 0 Å².